The van der Waals surface area contributed by atoms with Gasteiger partial charge in [0.05, 0.1) is 36.9 Å². The van der Waals surface area contributed by atoms with Gasteiger partial charge in [0, 0.05) is 31.6 Å². The van der Waals surface area contributed by atoms with Gasteiger partial charge in [-0.25, -0.2) is 0 Å². The second kappa shape index (κ2) is 8.76. The lowest BCUT2D eigenvalue weighted by Crippen LogP contribution is -2.41. The molecule has 2 rings (SSSR count). The van der Waals surface area contributed by atoms with Crippen molar-refractivity contribution in [1.29, 1.82) is 5.26 Å². The largest absolute Gasteiger partial charge is 0.495 e. The fraction of sp³-hybridized carbons (Fsp3) is 0.529. The first-order valence-electron chi connectivity index (χ1n) is 7.90. The predicted molar refractivity (Wildman–Crippen MR) is 92.6 cm³/mol. The summed E-state index contributed by atoms with van der Waals surface area (Å²) in [5, 5.41) is 12.0. The van der Waals surface area contributed by atoms with Gasteiger partial charge < -0.3 is 19.7 Å². The van der Waals surface area contributed by atoms with Crippen LogP contribution in [-0.2, 0) is 4.79 Å². The van der Waals surface area contributed by atoms with E-state index in [-0.39, 0.29) is 11.8 Å². The molecule has 1 unspecified atom stereocenters. The number of carbonyl (C=O) groups is 1. The number of hydrogen-bond acceptors (Lipinski definition) is 5. The number of halogens is 1. The maximum absolute atomic E-state index is 12.6. The number of likely N-dealkylation sites (tertiary alicyclic amines) is 1. The lowest BCUT2D eigenvalue weighted by molar-refractivity contribution is -0.121. The second-order valence-electron chi connectivity index (χ2n) is 5.72. The van der Waals surface area contributed by atoms with E-state index in [0.717, 1.165) is 19.4 Å². The Morgan fingerprint density at radius 2 is 2.17 bits per heavy atom. The van der Waals surface area contributed by atoms with E-state index < -0.39 is 0 Å². The zero-order chi connectivity index (χ0) is 17.5. The van der Waals surface area contributed by atoms with E-state index in [1.165, 1.54) is 14.2 Å². The Balaban J connectivity index is 2.07. The van der Waals surface area contributed by atoms with E-state index in [1.807, 2.05) is 0 Å². The highest BCUT2D eigenvalue weighted by molar-refractivity contribution is 6.32. The normalized spacial score (nSPS) is 17.8. The van der Waals surface area contributed by atoms with Crippen molar-refractivity contribution in [1.82, 2.24) is 4.90 Å². The molecule has 7 heteroatoms. The molecule has 1 N–H and O–H groups in total. The van der Waals surface area contributed by atoms with Crippen LogP contribution >= 0.6 is 11.6 Å². The summed E-state index contributed by atoms with van der Waals surface area (Å²) < 4.78 is 10.5. The molecule has 0 bridgehead atoms. The molecule has 1 aliphatic rings. The number of nitrogens with zero attached hydrogens (tertiary/aromatic N) is 2. The number of rotatable bonds is 6. The number of nitrogens with one attached hydrogen (secondary N) is 1. The third-order valence-corrected chi connectivity index (χ3v) is 4.44. The van der Waals surface area contributed by atoms with Crippen LogP contribution in [0.3, 0.4) is 0 Å². The highest BCUT2D eigenvalue weighted by Gasteiger charge is 2.26. The van der Waals surface area contributed by atoms with Gasteiger partial charge in [-0.2, -0.15) is 5.26 Å². The van der Waals surface area contributed by atoms with Gasteiger partial charge in [0.15, 0.2) is 0 Å². The van der Waals surface area contributed by atoms with Gasteiger partial charge in [-0.1, -0.05) is 11.6 Å². The first kappa shape index (κ1) is 18.4. The van der Waals surface area contributed by atoms with Gasteiger partial charge in [0.25, 0.3) is 0 Å². The zero-order valence-electron chi connectivity index (χ0n) is 14.0. The number of hydrogen-bond donors (Lipinski definition) is 1. The molecule has 130 valence electrons. The molecule has 0 aromatic heterocycles. The van der Waals surface area contributed by atoms with E-state index in [0.29, 0.717) is 41.7 Å². The van der Waals surface area contributed by atoms with Crippen molar-refractivity contribution in [3.63, 3.8) is 0 Å². The Labute approximate surface area is 147 Å². The maximum Gasteiger partial charge on any atom is 0.228 e. The molecule has 1 atom stereocenters. The van der Waals surface area contributed by atoms with Crippen LogP contribution in [0.4, 0.5) is 5.69 Å². The van der Waals surface area contributed by atoms with E-state index in [1.54, 1.807) is 12.1 Å². The van der Waals surface area contributed by atoms with Crippen LogP contribution < -0.4 is 14.8 Å². The van der Waals surface area contributed by atoms with Crippen LogP contribution in [0.25, 0.3) is 0 Å². The standard InChI is InChI=1S/C17H22ClN3O3/c1-23-15-10-14(16(24-2)9-13(15)18)20-17(22)12-5-3-7-21(11-12)8-4-6-19/h9-10,12H,3-5,7-8,11H2,1-2H3,(H,20,22). The van der Waals surface area contributed by atoms with Gasteiger partial charge in [0.1, 0.15) is 11.5 Å². The number of ether oxygens (including phenoxy) is 2. The molecule has 0 radical (unpaired) electrons. The summed E-state index contributed by atoms with van der Waals surface area (Å²) in [5.41, 5.74) is 0.540. The van der Waals surface area contributed by atoms with Crippen LogP contribution in [0, 0.1) is 17.2 Å². The second-order valence-corrected chi connectivity index (χ2v) is 6.13. The number of amides is 1. The minimum Gasteiger partial charge on any atom is -0.495 e. The molecular formula is C17H22ClN3O3. The van der Waals surface area contributed by atoms with Gasteiger partial charge in [-0.15, -0.1) is 0 Å². The molecule has 1 aromatic rings. The van der Waals surface area contributed by atoms with Crippen molar-refractivity contribution in [3.8, 4) is 17.6 Å². The van der Waals surface area contributed by atoms with Crippen molar-refractivity contribution < 1.29 is 14.3 Å². The third-order valence-electron chi connectivity index (χ3n) is 4.15. The molecule has 1 amide bonds. The molecule has 0 aliphatic carbocycles. The average Bonchev–Trinajstić information content (AvgIpc) is 2.61. The van der Waals surface area contributed by atoms with Crippen LogP contribution in [0.2, 0.25) is 5.02 Å². The highest BCUT2D eigenvalue weighted by atomic mass is 35.5. The molecule has 6 nitrogen and oxygen atoms in total. The topological polar surface area (TPSA) is 74.6 Å². The lowest BCUT2D eigenvalue weighted by atomic mass is 9.97. The van der Waals surface area contributed by atoms with Crippen molar-refractivity contribution in [2.45, 2.75) is 19.3 Å². The van der Waals surface area contributed by atoms with Crippen molar-refractivity contribution in [2.24, 2.45) is 5.92 Å². The SMILES string of the molecule is COc1cc(NC(=O)C2CCCN(CCC#N)C2)c(OC)cc1Cl. The van der Waals surface area contributed by atoms with E-state index in [2.05, 4.69) is 16.3 Å². The van der Waals surface area contributed by atoms with Crippen LogP contribution in [0.15, 0.2) is 12.1 Å². The van der Waals surface area contributed by atoms with E-state index >= 15 is 0 Å². The molecule has 1 heterocycles. The smallest absolute Gasteiger partial charge is 0.228 e. The summed E-state index contributed by atoms with van der Waals surface area (Å²) in [7, 11) is 3.05. The summed E-state index contributed by atoms with van der Waals surface area (Å²) in [5.74, 6) is 0.807. The van der Waals surface area contributed by atoms with Gasteiger partial charge >= 0.3 is 0 Å². The summed E-state index contributed by atoms with van der Waals surface area (Å²) in [6.45, 7) is 2.31. The number of anilines is 1. The van der Waals surface area contributed by atoms with Gasteiger partial charge in [0.2, 0.25) is 5.91 Å². The zero-order valence-corrected chi connectivity index (χ0v) is 14.7. The minimum atomic E-state index is -0.108. The van der Waals surface area contributed by atoms with Crippen LogP contribution in [0.1, 0.15) is 19.3 Å². The first-order valence-corrected chi connectivity index (χ1v) is 8.28. The predicted octanol–water partition coefficient (Wildman–Crippen LogP) is 2.92. The fourth-order valence-electron chi connectivity index (χ4n) is 2.87. The molecule has 1 fully saturated rings. The van der Waals surface area contributed by atoms with Crippen molar-refractivity contribution in [3.05, 3.63) is 17.2 Å². The van der Waals surface area contributed by atoms with Crippen molar-refractivity contribution >= 4 is 23.2 Å². The molecular weight excluding hydrogens is 330 g/mol. The van der Waals surface area contributed by atoms with E-state index in [4.69, 9.17) is 26.3 Å². The Bertz CT molecular complexity index is 630. The summed E-state index contributed by atoms with van der Waals surface area (Å²) in [6.07, 6.45) is 2.27. The Morgan fingerprint density at radius 3 is 2.83 bits per heavy atom. The minimum absolute atomic E-state index is 0.0562. The Kier molecular flexibility index (Phi) is 6.71. The molecule has 1 aromatic carbocycles. The maximum atomic E-state index is 12.6. The average molecular weight is 352 g/mol. The third kappa shape index (κ3) is 4.53. The summed E-state index contributed by atoms with van der Waals surface area (Å²) in [6, 6.07) is 5.43. The fourth-order valence-corrected chi connectivity index (χ4v) is 3.10. The van der Waals surface area contributed by atoms with Crippen LogP contribution in [0.5, 0.6) is 11.5 Å². The number of methoxy groups -OCH3 is 2. The molecule has 0 saturated carbocycles. The van der Waals surface area contributed by atoms with Gasteiger partial charge in [-0.3, -0.25) is 4.79 Å². The molecule has 24 heavy (non-hydrogen) atoms. The Hall–Kier alpha value is -1.97. The van der Waals surface area contributed by atoms with E-state index in [9.17, 15) is 4.79 Å². The number of piperidine rings is 1. The summed E-state index contributed by atoms with van der Waals surface area (Å²) >= 11 is 6.08. The Morgan fingerprint density at radius 1 is 1.42 bits per heavy atom. The van der Waals surface area contributed by atoms with Crippen LogP contribution in [-0.4, -0.2) is 44.7 Å². The number of benzene rings is 1. The number of nitriles is 1. The number of carbonyl (C=O) groups excluding carboxylic acids is 1. The van der Waals surface area contributed by atoms with Gasteiger partial charge in [-0.05, 0) is 19.4 Å². The molecule has 0 spiro atoms. The first-order chi connectivity index (χ1) is 11.6. The van der Waals surface area contributed by atoms with Crippen molar-refractivity contribution in [2.75, 3.05) is 39.2 Å². The monoisotopic (exact) mass is 351 g/mol. The quantitative estimate of drug-likeness (QED) is 0.852. The summed E-state index contributed by atoms with van der Waals surface area (Å²) in [4.78, 5) is 14.8. The molecule has 1 saturated heterocycles. The highest BCUT2D eigenvalue weighted by Crippen LogP contribution is 2.36. The lowest BCUT2D eigenvalue weighted by Gasteiger charge is -2.31. The molecule has 1 aliphatic heterocycles.